The van der Waals surface area contributed by atoms with Crippen LogP contribution in [-0.4, -0.2) is 5.78 Å². The van der Waals surface area contributed by atoms with Gasteiger partial charge in [-0.1, -0.05) is 20.8 Å². The van der Waals surface area contributed by atoms with Gasteiger partial charge in [-0.05, 0) is 25.0 Å². The fraction of sp³-hybridized carbons (Fsp3) is 0.583. The number of hydrogen-bond acceptors (Lipinski definition) is 2. The van der Waals surface area contributed by atoms with E-state index in [0.717, 1.165) is 12.8 Å². The molecule has 0 fully saturated rings. The lowest BCUT2D eigenvalue weighted by Crippen LogP contribution is -2.11. The molecule has 0 aliphatic carbocycles. The van der Waals surface area contributed by atoms with Gasteiger partial charge in [-0.25, -0.2) is 0 Å². The minimum Gasteiger partial charge on any atom is -0.299 e. The van der Waals surface area contributed by atoms with Crippen molar-refractivity contribution in [2.45, 2.75) is 40.0 Å². The molecule has 0 saturated heterocycles. The Morgan fingerprint density at radius 1 is 1.36 bits per heavy atom. The molecule has 1 unspecified atom stereocenters. The average molecular weight is 210 g/mol. The molecule has 0 bridgehead atoms. The second-order valence-electron chi connectivity index (χ2n) is 3.65. The molecule has 0 N–H and O–H groups in total. The number of hydrogen-bond donors (Lipinski definition) is 0. The Hall–Kier alpha value is -0.630. The molecule has 0 amide bonds. The Morgan fingerprint density at radius 2 is 2.00 bits per heavy atom. The summed E-state index contributed by atoms with van der Waals surface area (Å²) >= 11 is 1.84. The Balaban J connectivity index is 2.55. The van der Waals surface area contributed by atoms with Crippen molar-refractivity contribution in [2.24, 2.45) is 5.92 Å². The van der Waals surface area contributed by atoms with Crippen LogP contribution in [0.3, 0.4) is 0 Å². The van der Waals surface area contributed by atoms with Gasteiger partial charge in [-0.3, -0.25) is 4.79 Å². The first-order chi connectivity index (χ1) is 6.67. The van der Waals surface area contributed by atoms with Gasteiger partial charge in [0.1, 0.15) is 5.78 Å². The first kappa shape index (κ1) is 11.4. The Bertz CT molecular complexity index is 301. The minimum atomic E-state index is 0.184. The van der Waals surface area contributed by atoms with E-state index in [4.69, 9.17) is 0 Å². The highest BCUT2D eigenvalue weighted by molar-refractivity contribution is 7.11. The highest BCUT2D eigenvalue weighted by Crippen LogP contribution is 2.20. The molecule has 0 radical (unpaired) electrons. The highest BCUT2D eigenvalue weighted by Gasteiger charge is 2.12. The number of ketones is 1. The van der Waals surface area contributed by atoms with Crippen molar-refractivity contribution in [3.63, 3.8) is 0 Å². The highest BCUT2D eigenvalue weighted by atomic mass is 32.1. The predicted molar refractivity (Wildman–Crippen MR) is 61.9 cm³/mol. The van der Waals surface area contributed by atoms with Crippen LogP contribution in [0, 0.1) is 5.92 Å². The zero-order chi connectivity index (χ0) is 10.6. The maximum Gasteiger partial charge on any atom is 0.135 e. The predicted octanol–water partition coefficient (Wildman–Crippen LogP) is 3.47. The van der Waals surface area contributed by atoms with Crippen molar-refractivity contribution >= 4 is 17.1 Å². The van der Waals surface area contributed by atoms with E-state index in [9.17, 15) is 4.79 Å². The van der Waals surface area contributed by atoms with Crippen molar-refractivity contribution in [3.8, 4) is 0 Å². The monoisotopic (exact) mass is 210 g/mol. The van der Waals surface area contributed by atoms with Gasteiger partial charge in [-0.2, -0.15) is 0 Å². The molecular weight excluding hydrogens is 192 g/mol. The molecule has 1 nitrogen and oxygen atoms in total. The summed E-state index contributed by atoms with van der Waals surface area (Å²) in [6.07, 6.45) is 2.67. The zero-order valence-corrected chi connectivity index (χ0v) is 9.99. The van der Waals surface area contributed by atoms with Crippen molar-refractivity contribution in [3.05, 3.63) is 21.9 Å². The molecule has 0 aromatic carbocycles. The van der Waals surface area contributed by atoms with E-state index in [2.05, 4.69) is 19.1 Å². The molecule has 1 aromatic heterocycles. The molecule has 0 spiro atoms. The van der Waals surface area contributed by atoms with Crippen LogP contribution in [-0.2, 0) is 17.6 Å². The van der Waals surface area contributed by atoms with Crippen LogP contribution >= 0.6 is 11.3 Å². The number of thiophene rings is 1. The average Bonchev–Trinajstić information content (AvgIpc) is 2.64. The van der Waals surface area contributed by atoms with Crippen LogP contribution in [0.1, 0.15) is 36.9 Å². The number of rotatable bonds is 5. The van der Waals surface area contributed by atoms with Crippen LogP contribution in [0.5, 0.6) is 0 Å². The lowest BCUT2D eigenvalue weighted by molar-refractivity contribution is -0.122. The third-order valence-corrected chi connectivity index (χ3v) is 3.72. The van der Waals surface area contributed by atoms with Gasteiger partial charge >= 0.3 is 0 Å². The van der Waals surface area contributed by atoms with Gasteiger partial charge in [0.15, 0.2) is 0 Å². The van der Waals surface area contributed by atoms with Gasteiger partial charge in [0.05, 0.1) is 0 Å². The summed E-state index contributed by atoms with van der Waals surface area (Å²) in [6.45, 7) is 6.12. The summed E-state index contributed by atoms with van der Waals surface area (Å²) in [4.78, 5) is 14.2. The Labute approximate surface area is 90.2 Å². The van der Waals surface area contributed by atoms with E-state index in [1.165, 1.54) is 9.75 Å². The van der Waals surface area contributed by atoms with Gasteiger partial charge in [0.25, 0.3) is 0 Å². The number of Topliss-reactive ketones (excluding diaryl/α,β-unsaturated/α-hetero) is 1. The van der Waals surface area contributed by atoms with Gasteiger partial charge < -0.3 is 0 Å². The second-order valence-corrected chi connectivity index (χ2v) is 4.90. The normalized spacial score (nSPS) is 12.8. The number of aryl methyl sites for hydroxylation is 1. The summed E-state index contributed by atoms with van der Waals surface area (Å²) in [5.74, 6) is 0.555. The maximum absolute atomic E-state index is 11.4. The fourth-order valence-corrected chi connectivity index (χ4v) is 2.57. The maximum atomic E-state index is 11.4. The SMILES string of the molecule is CCC(=O)C(C)Cc1ccc(CC)s1. The van der Waals surface area contributed by atoms with E-state index < -0.39 is 0 Å². The van der Waals surface area contributed by atoms with Crippen LogP contribution in [0.15, 0.2) is 12.1 Å². The van der Waals surface area contributed by atoms with Crippen LogP contribution in [0.25, 0.3) is 0 Å². The lowest BCUT2D eigenvalue weighted by Gasteiger charge is -2.06. The van der Waals surface area contributed by atoms with Crippen molar-refractivity contribution in [2.75, 3.05) is 0 Å². The minimum absolute atomic E-state index is 0.184. The zero-order valence-electron chi connectivity index (χ0n) is 9.17. The van der Waals surface area contributed by atoms with E-state index in [-0.39, 0.29) is 5.92 Å². The van der Waals surface area contributed by atoms with Crippen molar-refractivity contribution in [1.29, 1.82) is 0 Å². The van der Waals surface area contributed by atoms with Gasteiger partial charge in [0.2, 0.25) is 0 Å². The van der Waals surface area contributed by atoms with E-state index in [0.29, 0.717) is 12.2 Å². The van der Waals surface area contributed by atoms with E-state index in [1.807, 2.05) is 25.2 Å². The molecule has 1 rings (SSSR count). The Kier molecular flexibility index (Phi) is 4.33. The summed E-state index contributed by atoms with van der Waals surface area (Å²) in [7, 11) is 0. The standard InChI is InChI=1S/C12H18OS/c1-4-10-6-7-11(14-10)8-9(3)12(13)5-2/h6-7,9H,4-5,8H2,1-3H3. The molecule has 0 aliphatic heterocycles. The molecule has 1 heterocycles. The molecule has 1 atom stereocenters. The summed E-state index contributed by atoms with van der Waals surface area (Å²) in [6, 6.07) is 4.33. The summed E-state index contributed by atoms with van der Waals surface area (Å²) < 4.78 is 0. The quantitative estimate of drug-likeness (QED) is 0.727. The topological polar surface area (TPSA) is 17.1 Å². The molecule has 14 heavy (non-hydrogen) atoms. The van der Waals surface area contributed by atoms with Crippen LogP contribution < -0.4 is 0 Å². The number of carbonyl (C=O) groups is 1. The molecule has 0 aliphatic rings. The first-order valence-electron chi connectivity index (χ1n) is 5.27. The Morgan fingerprint density at radius 3 is 2.50 bits per heavy atom. The van der Waals surface area contributed by atoms with Gasteiger partial charge in [-0.15, -0.1) is 11.3 Å². The first-order valence-corrected chi connectivity index (χ1v) is 6.09. The summed E-state index contributed by atoms with van der Waals surface area (Å²) in [5.41, 5.74) is 0. The smallest absolute Gasteiger partial charge is 0.135 e. The van der Waals surface area contributed by atoms with Gasteiger partial charge in [0, 0.05) is 22.1 Å². The fourth-order valence-electron chi connectivity index (χ4n) is 1.49. The largest absolute Gasteiger partial charge is 0.299 e. The molecule has 78 valence electrons. The number of carbonyl (C=O) groups excluding carboxylic acids is 1. The molecule has 2 heteroatoms. The third kappa shape index (κ3) is 2.95. The molecular formula is C12H18OS. The van der Waals surface area contributed by atoms with E-state index in [1.54, 1.807) is 0 Å². The molecule has 1 aromatic rings. The van der Waals surface area contributed by atoms with Crippen molar-refractivity contribution < 1.29 is 4.79 Å². The van der Waals surface area contributed by atoms with E-state index >= 15 is 0 Å². The van der Waals surface area contributed by atoms with Crippen LogP contribution in [0.4, 0.5) is 0 Å². The third-order valence-electron chi connectivity index (χ3n) is 2.47. The molecule has 0 saturated carbocycles. The second kappa shape index (κ2) is 5.30. The van der Waals surface area contributed by atoms with Crippen molar-refractivity contribution in [1.82, 2.24) is 0 Å². The lowest BCUT2D eigenvalue weighted by atomic mass is 10.00. The van der Waals surface area contributed by atoms with Crippen LogP contribution in [0.2, 0.25) is 0 Å². The summed E-state index contributed by atoms with van der Waals surface area (Å²) in [5, 5.41) is 0.